The number of hydrogen-bond donors (Lipinski definition) is 1. The molecule has 2 aromatic heterocycles. The maximum Gasteiger partial charge on any atom is 0.237 e. The van der Waals surface area contributed by atoms with Crippen LogP contribution in [0, 0.1) is 17.2 Å². The maximum absolute atomic E-state index is 12.3. The van der Waals surface area contributed by atoms with Crippen molar-refractivity contribution in [1.29, 1.82) is 5.26 Å². The van der Waals surface area contributed by atoms with Crippen LogP contribution in [0.2, 0.25) is 0 Å². The van der Waals surface area contributed by atoms with Crippen LogP contribution in [0.5, 0.6) is 0 Å². The quantitative estimate of drug-likeness (QED) is 0.911. The Morgan fingerprint density at radius 2 is 2.42 bits per heavy atom. The van der Waals surface area contributed by atoms with E-state index in [0.29, 0.717) is 12.5 Å². The maximum atomic E-state index is 12.3. The van der Waals surface area contributed by atoms with E-state index in [9.17, 15) is 4.79 Å². The van der Waals surface area contributed by atoms with Crippen molar-refractivity contribution in [3.8, 4) is 6.07 Å². The molecule has 24 heavy (non-hydrogen) atoms. The average Bonchev–Trinajstić information content (AvgIpc) is 3.18. The highest BCUT2D eigenvalue weighted by atomic mass is 16.2. The van der Waals surface area contributed by atoms with E-state index in [4.69, 9.17) is 5.26 Å². The van der Waals surface area contributed by atoms with Gasteiger partial charge in [-0.3, -0.25) is 4.79 Å². The smallest absolute Gasteiger partial charge is 0.237 e. The van der Waals surface area contributed by atoms with Crippen LogP contribution in [0.4, 0.5) is 5.82 Å². The Kier molecular flexibility index (Phi) is 3.10. The van der Waals surface area contributed by atoms with Gasteiger partial charge in [-0.1, -0.05) is 13.5 Å². The third-order valence-electron chi connectivity index (χ3n) is 5.42. The number of H-pyrrole nitrogens is 1. The van der Waals surface area contributed by atoms with E-state index < -0.39 is 0 Å². The monoisotopic (exact) mass is 322 g/mol. The number of nitriles is 1. The number of hydrogen-bond acceptors (Lipinski definition) is 5. The minimum atomic E-state index is -0.387. The average molecular weight is 322 g/mol. The number of nitrogens with one attached hydrogen (secondary N) is 1. The number of anilines is 1. The molecule has 7 heteroatoms. The second kappa shape index (κ2) is 5.06. The van der Waals surface area contributed by atoms with Crippen LogP contribution in [0.25, 0.3) is 11.0 Å². The number of amides is 1. The minimum absolute atomic E-state index is 0.0860. The van der Waals surface area contributed by atoms with Crippen molar-refractivity contribution in [1.82, 2.24) is 19.9 Å². The molecule has 1 spiro atoms. The zero-order chi connectivity index (χ0) is 16.9. The van der Waals surface area contributed by atoms with Crippen molar-refractivity contribution in [2.45, 2.75) is 25.3 Å². The number of nitrogens with zero attached hydrogens (tertiary/aromatic N) is 5. The lowest BCUT2D eigenvalue weighted by atomic mass is 9.72. The normalized spacial score (nSPS) is 26.0. The fraction of sp³-hybridized carbons (Fsp3) is 0.412. The highest BCUT2D eigenvalue weighted by Gasteiger charge is 2.59. The molecule has 2 saturated heterocycles. The molecule has 0 saturated carbocycles. The fourth-order valence-electron chi connectivity index (χ4n) is 4.15. The first-order valence-electron chi connectivity index (χ1n) is 8.02. The predicted octanol–water partition coefficient (Wildman–Crippen LogP) is 1.81. The first kappa shape index (κ1) is 14.7. The summed E-state index contributed by atoms with van der Waals surface area (Å²) in [6, 6.07) is 3.91. The van der Waals surface area contributed by atoms with E-state index in [1.165, 1.54) is 6.33 Å². The number of fused-ring (bicyclic) bond motifs is 1. The van der Waals surface area contributed by atoms with Gasteiger partial charge >= 0.3 is 0 Å². The SMILES string of the molecule is C=C1N(c2ncnc3[nH]ccc23)CC[C@@]12[C@@H](C)CN2C(=O)CC#N. The number of likely N-dealkylation sites (tertiary alicyclic amines) is 1. The Bertz CT molecular complexity index is 881. The summed E-state index contributed by atoms with van der Waals surface area (Å²) >= 11 is 0. The molecule has 2 aliphatic rings. The zero-order valence-corrected chi connectivity index (χ0v) is 13.5. The molecule has 0 aliphatic carbocycles. The van der Waals surface area contributed by atoms with Gasteiger partial charge in [0, 0.05) is 30.9 Å². The Balaban J connectivity index is 1.71. The summed E-state index contributed by atoms with van der Waals surface area (Å²) < 4.78 is 0. The van der Waals surface area contributed by atoms with Crippen LogP contribution in [-0.2, 0) is 4.79 Å². The number of aromatic amines is 1. The van der Waals surface area contributed by atoms with Crippen LogP contribution in [0.15, 0.2) is 30.9 Å². The molecule has 4 rings (SSSR count). The molecule has 0 radical (unpaired) electrons. The highest BCUT2D eigenvalue weighted by Crippen LogP contribution is 2.51. The molecule has 0 aromatic carbocycles. The van der Waals surface area contributed by atoms with Crippen molar-refractivity contribution >= 4 is 22.8 Å². The van der Waals surface area contributed by atoms with E-state index in [2.05, 4.69) is 33.4 Å². The minimum Gasteiger partial charge on any atom is -0.346 e. The van der Waals surface area contributed by atoms with Gasteiger partial charge < -0.3 is 14.8 Å². The summed E-state index contributed by atoms with van der Waals surface area (Å²) in [7, 11) is 0. The van der Waals surface area contributed by atoms with Crippen molar-refractivity contribution in [2.75, 3.05) is 18.0 Å². The highest BCUT2D eigenvalue weighted by molar-refractivity contribution is 5.89. The Morgan fingerprint density at radius 1 is 1.58 bits per heavy atom. The molecular weight excluding hydrogens is 304 g/mol. The third-order valence-corrected chi connectivity index (χ3v) is 5.42. The van der Waals surface area contributed by atoms with Gasteiger partial charge in [0.05, 0.1) is 17.0 Å². The topological polar surface area (TPSA) is 88.9 Å². The fourth-order valence-corrected chi connectivity index (χ4v) is 4.15. The summed E-state index contributed by atoms with van der Waals surface area (Å²) in [5.74, 6) is 1.02. The molecular formula is C17H18N6O. The zero-order valence-electron chi connectivity index (χ0n) is 13.5. The molecule has 1 amide bonds. The lowest BCUT2D eigenvalue weighted by molar-refractivity contribution is -0.149. The van der Waals surface area contributed by atoms with Crippen molar-refractivity contribution in [3.05, 3.63) is 30.9 Å². The number of rotatable bonds is 2. The lowest BCUT2D eigenvalue weighted by Gasteiger charge is -2.56. The summed E-state index contributed by atoms with van der Waals surface area (Å²) in [5.41, 5.74) is 1.28. The molecule has 2 atom stereocenters. The van der Waals surface area contributed by atoms with Crippen molar-refractivity contribution in [2.24, 2.45) is 5.92 Å². The molecule has 4 heterocycles. The van der Waals surface area contributed by atoms with Gasteiger partial charge in [-0.2, -0.15) is 5.26 Å². The Morgan fingerprint density at radius 3 is 3.17 bits per heavy atom. The molecule has 0 unspecified atom stereocenters. The number of aromatic nitrogens is 3. The largest absolute Gasteiger partial charge is 0.346 e. The van der Waals surface area contributed by atoms with E-state index >= 15 is 0 Å². The van der Waals surface area contributed by atoms with Gasteiger partial charge in [0.15, 0.2) is 0 Å². The standard InChI is InChI=1S/C17H18N6O/c1-11-9-23(14(24)3-6-18)17(11)5-8-22(12(17)2)16-13-4-7-19-15(13)20-10-21-16/h4,7,10-11H,2-3,5,8-9H2,1H3,(H,19,20,21)/t11-,17+/m0/s1. The van der Waals surface area contributed by atoms with Gasteiger partial charge in [0.2, 0.25) is 5.91 Å². The summed E-state index contributed by atoms with van der Waals surface area (Å²) in [4.78, 5) is 28.0. The van der Waals surface area contributed by atoms with Crippen LogP contribution in [0.1, 0.15) is 19.8 Å². The molecule has 0 bridgehead atoms. The van der Waals surface area contributed by atoms with E-state index in [-0.39, 0.29) is 17.9 Å². The van der Waals surface area contributed by atoms with E-state index in [0.717, 1.165) is 35.5 Å². The van der Waals surface area contributed by atoms with Crippen LogP contribution in [0.3, 0.4) is 0 Å². The molecule has 1 N–H and O–H groups in total. The van der Waals surface area contributed by atoms with Crippen molar-refractivity contribution < 1.29 is 4.79 Å². The van der Waals surface area contributed by atoms with E-state index in [1.807, 2.05) is 23.2 Å². The molecule has 2 aliphatic heterocycles. The van der Waals surface area contributed by atoms with Gasteiger partial charge in [0.1, 0.15) is 24.2 Å². The van der Waals surface area contributed by atoms with Crippen LogP contribution >= 0.6 is 0 Å². The second-order valence-electron chi connectivity index (χ2n) is 6.45. The predicted molar refractivity (Wildman–Crippen MR) is 88.8 cm³/mol. The second-order valence-corrected chi connectivity index (χ2v) is 6.45. The van der Waals surface area contributed by atoms with Crippen molar-refractivity contribution in [3.63, 3.8) is 0 Å². The van der Waals surface area contributed by atoms with Gasteiger partial charge in [-0.25, -0.2) is 9.97 Å². The third kappa shape index (κ3) is 1.74. The first-order chi connectivity index (χ1) is 11.6. The summed E-state index contributed by atoms with van der Waals surface area (Å²) in [5, 5.41) is 9.78. The van der Waals surface area contributed by atoms with Crippen LogP contribution in [-0.4, -0.2) is 44.4 Å². The Hall–Kier alpha value is -2.88. The lowest BCUT2D eigenvalue weighted by Crippen LogP contribution is -2.68. The molecule has 122 valence electrons. The number of carbonyl (C=O) groups is 1. The number of carbonyl (C=O) groups excluding carboxylic acids is 1. The van der Waals surface area contributed by atoms with Gasteiger partial charge in [0.25, 0.3) is 0 Å². The molecule has 7 nitrogen and oxygen atoms in total. The van der Waals surface area contributed by atoms with E-state index in [1.54, 1.807) is 0 Å². The van der Waals surface area contributed by atoms with Crippen LogP contribution < -0.4 is 4.90 Å². The van der Waals surface area contributed by atoms with Gasteiger partial charge in [-0.05, 0) is 12.5 Å². The molecule has 2 aromatic rings. The first-order valence-corrected chi connectivity index (χ1v) is 8.02. The summed E-state index contributed by atoms with van der Waals surface area (Å²) in [6.45, 7) is 7.86. The van der Waals surface area contributed by atoms with Gasteiger partial charge in [-0.15, -0.1) is 0 Å². The molecule has 2 fully saturated rings. The Labute approximate surface area is 139 Å². The summed E-state index contributed by atoms with van der Waals surface area (Å²) in [6.07, 6.45) is 4.10.